The van der Waals surface area contributed by atoms with Gasteiger partial charge in [-0.1, -0.05) is 13.0 Å². The van der Waals surface area contributed by atoms with Crippen LogP contribution < -0.4 is 10.1 Å². The maximum Gasteiger partial charge on any atom is 0.124 e. The van der Waals surface area contributed by atoms with Gasteiger partial charge in [0.15, 0.2) is 0 Å². The van der Waals surface area contributed by atoms with Gasteiger partial charge >= 0.3 is 0 Å². The lowest BCUT2D eigenvalue weighted by atomic mass is 9.87. The van der Waals surface area contributed by atoms with E-state index in [4.69, 9.17) is 4.74 Å². The highest BCUT2D eigenvalue weighted by Gasteiger charge is 2.19. The fraction of sp³-hybridized carbons (Fsp3) is 0.438. The first-order valence-electron chi connectivity index (χ1n) is 7.23. The summed E-state index contributed by atoms with van der Waals surface area (Å²) in [5.74, 6) is 0.967. The van der Waals surface area contributed by atoms with E-state index in [-0.39, 0.29) is 0 Å². The Bertz CT molecular complexity index is 554. The van der Waals surface area contributed by atoms with Crippen molar-refractivity contribution in [2.45, 2.75) is 38.8 Å². The largest absolute Gasteiger partial charge is 0.488 e. The van der Waals surface area contributed by atoms with Crippen LogP contribution in [0.2, 0.25) is 0 Å². The zero-order valence-corrected chi connectivity index (χ0v) is 12.6. The highest BCUT2D eigenvalue weighted by molar-refractivity contribution is 7.09. The monoisotopic (exact) mass is 288 g/mol. The van der Waals surface area contributed by atoms with Crippen molar-refractivity contribution >= 4 is 11.3 Å². The molecule has 1 unspecified atom stereocenters. The number of nitrogens with one attached hydrogen (secondary N) is 1. The summed E-state index contributed by atoms with van der Waals surface area (Å²) in [6.45, 7) is 3.80. The zero-order chi connectivity index (χ0) is 13.8. The minimum Gasteiger partial charge on any atom is -0.488 e. The number of fused-ring (bicyclic) bond motifs is 1. The SMILES string of the molecule is CCNC1CCCc2cc(OCc3cncs3)ccc21. The fourth-order valence-electron chi connectivity index (χ4n) is 2.81. The maximum atomic E-state index is 5.86. The molecule has 0 bridgehead atoms. The number of ether oxygens (including phenoxy) is 1. The second-order valence-corrected chi connectivity index (χ2v) is 6.09. The van der Waals surface area contributed by atoms with E-state index in [1.165, 1.54) is 24.0 Å². The van der Waals surface area contributed by atoms with E-state index in [0.717, 1.165) is 23.6 Å². The van der Waals surface area contributed by atoms with Gasteiger partial charge in [0, 0.05) is 12.2 Å². The van der Waals surface area contributed by atoms with Gasteiger partial charge in [-0.25, -0.2) is 0 Å². The van der Waals surface area contributed by atoms with Crippen LogP contribution in [0.25, 0.3) is 0 Å². The smallest absolute Gasteiger partial charge is 0.124 e. The molecule has 3 rings (SSSR count). The quantitative estimate of drug-likeness (QED) is 0.910. The topological polar surface area (TPSA) is 34.1 Å². The van der Waals surface area contributed by atoms with E-state index in [9.17, 15) is 0 Å². The highest BCUT2D eigenvalue weighted by atomic mass is 32.1. The molecule has 20 heavy (non-hydrogen) atoms. The van der Waals surface area contributed by atoms with E-state index < -0.39 is 0 Å². The van der Waals surface area contributed by atoms with Gasteiger partial charge in [0.2, 0.25) is 0 Å². The second-order valence-electron chi connectivity index (χ2n) is 5.12. The Morgan fingerprint density at radius 2 is 2.40 bits per heavy atom. The van der Waals surface area contributed by atoms with Crippen molar-refractivity contribution in [3.8, 4) is 5.75 Å². The van der Waals surface area contributed by atoms with Gasteiger partial charge in [0.25, 0.3) is 0 Å². The van der Waals surface area contributed by atoms with Crippen molar-refractivity contribution in [3.05, 3.63) is 45.9 Å². The first kappa shape index (κ1) is 13.6. The van der Waals surface area contributed by atoms with Crippen LogP contribution >= 0.6 is 11.3 Å². The highest BCUT2D eigenvalue weighted by Crippen LogP contribution is 2.32. The Labute approximate surface area is 124 Å². The lowest BCUT2D eigenvalue weighted by molar-refractivity contribution is 0.308. The number of hydrogen-bond acceptors (Lipinski definition) is 4. The predicted octanol–water partition coefficient (Wildman–Crippen LogP) is 3.71. The van der Waals surface area contributed by atoms with Gasteiger partial charge in [-0.3, -0.25) is 4.98 Å². The summed E-state index contributed by atoms with van der Waals surface area (Å²) in [4.78, 5) is 5.23. The zero-order valence-electron chi connectivity index (χ0n) is 11.8. The molecule has 0 fully saturated rings. The van der Waals surface area contributed by atoms with Crippen LogP contribution in [0.15, 0.2) is 29.9 Å². The van der Waals surface area contributed by atoms with Gasteiger partial charge in [-0.2, -0.15) is 0 Å². The molecule has 0 radical (unpaired) electrons. The van der Waals surface area contributed by atoms with Gasteiger partial charge in [-0.15, -0.1) is 11.3 Å². The third kappa shape index (κ3) is 3.02. The Morgan fingerprint density at radius 3 is 3.20 bits per heavy atom. The van der Waals surface area contributed by atoms with Gasteiger partial charge in [0.1, 0.15) is 12.4 Å². The van der Waals surface area contributed by atoms with Crippen molar-refractivity contribution in [2.24, 2.45) is 0 Å². The van der Waals surface area contributed by atoms with Crippen LogP contribution in [0.3, 0.4) is 0 Å². The summed E-state index contributed by atoms with van der Waals surface area (Å²) in [7, 11) is 0. The van der Waals surface area contributed by atoms with Crippen LogP contribution in [-0.2, 0) is 13.0 Å². The van der Waals surface area contributed by atoms with Gasteiger partial charge in [-0.05, 0) is 49.1 Å². The first-order valence-corrected chi connectivity index (χ1v) is 8.11. The minimum atomic E-state index is 0.513. The molecule has 1 aliphatic rings. The van der Waals surface area contributed by atoms with E-state index in [0.29, 0.717) is 12.6 Å². The lowest BCUT2D eigenvalue weighted by Gasteiger charge is -2.26. The molecule has 0 saturated carbocycles. The van der Waals surface area contributed by atoms with Gasteiger partial charge < -0.3 is 10.1 Å². The molecule has 0 saturated heterocycles. The van der Waals surface area contributed by atoms with E-state index in [2.05, 4.69) is 35.4 Å². The number of thiazole rings is 1. The molecule has 0 spiro atoms. The van der Waals surface area contributed by atoms with E-state index >= 15 is 0 Å². The van der Waals surface area contributed by atoms with Gasteiger partial charge in [0.05, 0.1) is 10.4 Å². The molecule has 1 N–H and O–H groups in total. The molecule has 1 aliphatic carbocycles. The summed E-state index contributed by atoms with van der Waals surface area (Å²) in [6, 6.07) is 7.04. The summed E-state index contributed by atoms with van der Waals surface area (Å²) < 4.78 is 5.86. The Hall–Kier alpha value is -1.39. The van der Waals surface area contributed by atoms with E-state index in [1.807, 2.05) is 11.7 Å². The summed E-state index contributed by atoms with van der Waals surface area (Å²) >= 11 is 1.63. The average Bonchev–Trinajstić information content (AvgIpc) is 2.99. The molecule has 3 nitrogen and oxygen atoms in total. The Morgan fingerprint density at radius 1 is 1.45 bits per heavy atom. The molecule has 1 aromatic carbocycles. The van der Waals surface area contributed by atoms with Crippen molar-refractivity contribution < 1.29 is 4.74 Å². The number of nitrogens with zero attached hydrogens (tertiary/aromatic N) is 1. The van der Waals surface area contributed by atoms with Crippen molar-refractivity contribution in [3.63, 3.8) is 0 Å². The predicted molar refractivity (Wildman–Crippen MR) is 82.2 cm³/mol. The molecule has 2 aromatic rings. The third-order valence-corrected chi connectivity index (χ3v) is 4.50. The van der Waals surface area contributed by atoms with Crippen LogP contribution in [0.5, 0.6) is 5.75 Å². The van der Waals surface area contributed by atoms with Crippen LogP contribution in [0, 0.1) is 0 Å². The second kappa shape index (κ2) is 6.37. The molecular weight excluding hydrogens is 268 g/mol. The molecule has 106 valence electrons. The van der Waals surface area contributed by atoms with Crippen molar-refractivity contribution in [2.75, 3.05) is 6.54 Å². The molecule has 1 aromatic heterocycles. The molecule has 1 atom stereocenters. The number of hydrogen-bond donors (Lipinski definition) is 1. The average molecular weight is 288 g/mol. The Kier molecular flexibility index (Phi) is 4.33. The molecule has 0 aliphatic heterocycles. The van der Waals surface area contributed by atoms with Crippen LogP contribution in [-0.4, -0.2) is 11.5 Å². The fourth-order valence-corrected chi connectivity index (χ4v) is 3.31. The van der Waals surface area contributed by atoms with E-state index in [1.54, 1.807) is 11.3 Å². The van der Waals surface area contributed by atoms with Crippen molar-refractivity contribution in [1.29, 1.82) is 0 Å². The molecule has 1 heterocycles. The number of benzene rings is 1. The van der Waals surface area contributed by atoms with Crippen LogP contribution in [0.1, 0.15) is 41.8 Å². The van der Waals surface area contributed by atoms with Crippen molar-refractivity contribution in [1.82, 2.24) is 10.3 Å². The number of aromatic nitrogens is 1. The standard InChI is InChI=1S/C16H20N2OS/c1-2-18-16-5-3-4-12-8-13(6-7-15(12)16)19-10-14-9-17-11-20-14/h6-9,11,16,18H,2-5,10H2,1H3. The maximum absolute atomic E-state index is 5.86. The first-order chi connectivity index (χ1) is 9.86. The molecule has 0 amide bonds. The number of rotatable bonds is 5. The lowest BCUT2D eigenvalue weighted by Crippen LogP contribution is -2.24. The summed E-state index contributed by atoms with van der Waals surface area (Å²) in [6.07, 6.45) is 5.52. The molecule has 4 heteroatoms. The summed E-state index contributed by atoms with van der Waals surface area (Å²) in [5.41, 5.74) is 4.72. The third-order valence-electron chi connectivity index (χ3n) is 3.74. The number of aryl methyl sites for hydroxylation is 1. The normalized spacial score (nSPS) is 17.8. The summed E-state index contributed by atoms with van der Waals surface area (Å²) in [5, 5.41) is 3.57. The Balaban J connectivity index is 1.72. The molecular formula is C16H20N2OS. The van der Waals surface area contributed by atoms with Crippen LogP contribution in [0.4, 0.5) is 0 Å². The minimum absolute atomic E-state index is 0.513.